The zero-order valence-electron chi connectivity index (χ0n) is 12.5. The van der Waals surface area contributed by atoms with Crippen molar-refractivity contribution in [3.8, 4) is 0 Å². The average molecular weight is 307 g/mol. The van der Waals surface area contributed by atoms with Gasteiger partial charge in [0, 0.05) is 26.1 Å². The number of likely N-dealkylation sites (tertiary alicyclic amines) is 1. The summed E-state index contributed by atoms with van der Waals surface area (Å²) in [5.74, 6) is -0.257. The van der Waals surface area contributed by atoms with Gasteiger partial charge in [0.1, 0.15) is 0 Å². The lowest BCUT2D eigenvalue weighted by Crippen LogP contribution is -2.38. The lowest BCUT2D eigenvalue weighted by molar-refractivity contribution is -0.132. The van der Waals surface area contributed by atoms with Gasteiger partial charge in [-0.3, -0.25) is 14.4 Å². The predicted octanol–water partition coefficient (Wildman–Crippen LogP) is 0.528. The third kappa shape index (κ3) is 4.91. The molecule has 22 heavy (non-hydrogen) atoms. The van der Waals surface area contributed by atoms with Gasteiger partial charge in [0.25, 0.3) is 5.91 Å². The third-order valence-corrected chi connectivity index (χ3v) is 3.51. The minimum absolute atomic E-state index is 0.0306. The molecule has 3 amide bonds. The molecule has 1 aromatic heterocycles. The highest BCUT2D eigenvalue weighted by Crippen LogP contribution is 2.06. The first-order chi connectivity index (χ1) is 10.7. The topological polar surface area (TPSA) is 91.6 Å². The molecule has 1 aromatic rings. The molecule has 2 heterocycles. The van der Waals surface area contributed by atoms with Gasteiger partial charge in [-0.15, -0.1) is 0 Å². The number of hydrogen-bond acceptors (Lipinski definition) is 4. The van der Waals surface area contributed by atoms with Crippen molar-refractivity contribution in [2.75, 3.05) is 26.2 Å². The first kappa shape index (κ1) is 16.1. The van der Waals surface area contributed by atoms with E-state index in [0.29, 0.717) is 13.0 Å². The van der Waals surface area contributed by atoms with Crippen molar-refractivity contribution in [1.82, 2.24) is 15.5 Å². The first-order valence-electron chi connectivity index (χ1n) is 7.53. The molecule has 0 spiro atoms. The van der Waals surface area contributed by atoms with Crippen molar-refractivity contribution >= 4 is 17.7 Å². The van der Waals surface area contributed by atoms with Crippen LogP contribution in [0.4, 0.5) is 0 Å². The molecule has 1 fully saturated rings. The number of nitrogens with zero attached hydrogens (tertiary/aromatic N) is 1. The SMILES string of the molecule is O=C(CCCNC(=O)c1ccco1)NCC(=O)N1CCCC1. The number of rotatable bonds is 7. The van der Waals surface area contributed by atoms with Crippen LogP contribution in [0.5, 0.6) is 0 Å². The van der Waals surface area contributed by atoms with Crippen LogP contribution in [0.3, 0.4) is 0 Å². The maximum Gasteiger partial charge on any atom is 0.286 e. The van der Waals surface area contributed by atoms with Crippen molar-refractivity contribution in [1.29, 1.82) is 0 Å². The number of hydrogen-bond donors (Lipinski definition) is 2. The molecule has 0 aliphatic carbocycles. The lowest BCUT2D eigenvalue weighted by Gasteiger charge is -2.15. The number of furan rings is 1. The summed E-state index contributed by atoms with van der Waals surface area (Å²) in [6.07, 6.45) is 4.28. The van der Waals surface area contributed by atoms with E-state index in [2.05, 4.69) is 10.6 Å². The Morgan fingerprint density at radius 2 is 1.95 bits per heavy atom. The molecule has 0 aromatic carbocycles. The van der Waals surface area contributed by atoms with Crippen LogP contribution in [0, 0.1) is 0 Å². The predicted molar refractivity (Wildman–Crippen MR) is 79.1 cm³/mol. The van der Waals surface area contributed by atoms with Gasteiger partial charge in [-0.1, -0.05) is 0 Å². The second-order valence-electron chi connectivity index (χ2n) is 5.20. The molecular weight excluding hydrogens is 286 g/mol. The molecule has 1 aliphatic rings. The lowest BCUT2D eigenvalue weighted by atomic mass is 10.3. The van der Waals surface area contributed by atoms with Crippen LogP contribution in [0.25, 0.3) is 0 Å². The molecular formula is C15H21N3O4. The van der Waals surface area contributed by atoms with Gasteiger partial charge in [0.2, 0.25) is 11.8 Å². The van der Waals surface area contributed by atoms with Crippen molar-refractivity contribution in [3.63, 3.8) is 0 Å². The number of carbonyl (C=O) groups excluding carboxylic acids is 3. The van der Waals surface area contributed by atoms with Gasteiger partial charge in [0.15, 0.2) is 5.76 Å². The van der Waals surface area contributed by atoms with E-state index in [-0.39, 0.29) is 36.4 Å². The van der Waals surface area contributed by atoms with Crippen LogP contribution in [0.2, 0.25) is 0 Å². The molecule has 0 radical (unpaired) electrons. The van der Waals surface area contributed by atoms with Crippen LogP contribution in [0.15, 0.2) is 22.8 Å². The van der Waals surface area contributed by atoms with Gasteiger partial charge in [0.05, 0.1) is 12.8 Å². The summed E-state index contributed by atoms with van der Waals surface area (Å²) >= 11 is 0. The Bertz CT molecular complexity index is 507. The molecule has 2 rings (SSSR count). The maximum atomic E-state index is 11.7. The fraction of sp³-hybridized carbons (Fsp3) is 0.533. The zero-order chi connectivity index (χ0) is 15.8. The largest absolute Gasteiger partial charge is 0.459 e. The van der Waals surface area contributed by atoms with Crippen LogP contribution < -0.4 is 10.6 Å². The van der Waals surface area contributed by atoms with E-state index in [4.69, 9.17) is 4.42 Å². The minimum Gasteiger partial charge on any atom is -0.459 e. The van der Waals surface area contributed by atoms with Gasteiger partial charge < -0.3 is 20.0 Å². The smallest absolute Gasteiger partial charge is 0.286 e. The fourth-order valence-corrected chi connectivity index (χ4v) is 2.29. The summed E-state index contributed by atoms with van der Waals surface area (Å²) < 4.78 is 4.95. The summed E-state index contributed by atoms with van der Waals surface area (Å²) in [6.45, 7) is 2.01. The van der Waals surface area contributed by atoms with E-state index in [9.17, 15) is 14.4 Å². The third-order valence-electron chi connectivity index (χ3n) is 3.51. The average Bonchev–Trinajstić information content (AvgIpc) is 3.21. The molecule has 1 aliphatic heterocycles. The maximum absolute atomic E-state index is 11.7. The van der Waals surface area contributed by atoms with Crippen LogP contribution in [-0.4, -0.2) is 48.8 Å². The van der Waals surface area contributed by atoms with Crippen molar-refractivity contribution in [2.24, 2.45) is 0 Å². The van der Waals surface area contributed by atoms with Crippen LogP contribution in [0.1, 0.15) is 36.2 Å². The Labute approximate surface area is 129 Å². The molecule has 7 nitrogen and oxygen atoms in total. The zero-order valence-corrected chi connectivity index (χ0v) is 12.5. The molecule has 0 unspecified atom stereocenters. The highest BCUT2D eigenvalue weighted by molar-refractivity contribution is 5.91. The Hall–Kier alpha value is -2.31. The summed E-state index contributed by atoms with van der Waals surface area (Å²) in [6, 6.07) is 3.21. The van der Waals surface area contributed by atoms with Gasteiger partial charge >= 0.3 is 0 Å². The molecule has 1 saturated heterocycles. The van der Waals surface area contributed by atoms with E-state index >= 15 is 0 Å². The second-order valence-corrected chi connectivity index (χ2v) is 5.20. The Balaban J connectivity index is 1.54. The van der Waals surface area contributed by atoms with Crippen LogP contribution >= 0.6 is 0 Å². The molecule has 0 atom stereocenters. The molecule has 2 N–H and O–H groups in total. The second kappa shape index (κ2) is 8.21. The normalized spacial score (nSPS) is 13.9. The Morgan fingerprint density at radius 3 is 2.64 bits per heavy atom. The first-order valence-corrected chi connectivity index (χ1v) is 7.53. The highest BCUT2D eigenvalue weighted by Gasteiger charge is 2.17. The number of amides is 3. The quantitative estimate of drug-likeness (QED) is 0.719. The fourth-order valence-electron chi connectivity index (χ4n) is 2.29. The molecule has 0 bridgehead atoms. The summed E-state index contributed by atoms with van der Waals surface area (Å²) in [5, 5.41) is 5.28. The number of nitrogens with one attached hydrogen (secondary N) is 2. The molecule has 0 saturated carbocycles. The van der Waals surface area contributed by atoms with Crippen molar-refractivity contribution < 1.29 is 18.8 Å². The Kier molecular flexibility index (Phi) is 6.00. The van der Waals surface area contributed by atoms with Crippen molar-refractivity contribution in [2.45, 2.75) is 25.7 Å². The van der Waals surface area contributed by atoms with E-state index in [1.54, 1.807) is 17.0 Å². The van der Waals surface area contributed by atoms with Crippen LogP contribution in [-0.2, 0) is 9.59 Å². The number of carbonyl (C=O) groups is 3. The van der Waals surface area contributed by atoms with E-state index in [0.717, 1.165) is 25.9 Å². The van der Waals surface area contributed by atoms with Crippen molar-refractivity contribution in [3.05, 3.63) is 24.2 Å². The van der Waals surface area contributed by atoms with Gasteiger partial charge in [-0.25, -0.2) is 0 Å². The molecule has 7 heteroatoms. The highest BCUT2D eigenvalue weighted by atomic mass is 16.3. The summed E-state index contributed by atoms with van der Waals surface area (Å²) in [5.41, 5.74) is 0. The van der Waals surface area contributed by atoms with E-state index < -0.39 is 0 Å². The summed E-state index contributed by atoms with van der Waals surface area (Å²) in [4.78, 5) is 36.7. The monoisotopic (exact) mass is 307 g/mol. The summed E-state index contributed by atoms with van der Waals surface area (Å²) in [7, 11) is 0. The molecule has 120 valence electrons. The van der Waals surface area contributed by atoms with E-state index in [1.165, 1.54) is 6.26 Å². The van der Waals surface area contributed by atoms with E-state index in [1.807, 2.05) is 0 Å². The van der Waals surface area contributed by atoms with Gasteiger partial charge in [-0.05, 0) is 31.4 Å². The van der Waals surface area contributed by atoms with Gasteiger partial charge in [-0.2, -0.15) is 0 Å². The standard InChI is InChI=1S/C15H21N3O4/c19-13(17-11-14(20)18-8-1-2-9-18)6-3-7-16-15(21)12-5-4-10-22-12/h4-5,10H,1-3,6-9,11H2,(H,16,21)(H,17,19). The minimum atomic E-state index is -0.297. The Morgan fingerprint density at radius 1 is 1.18 bits per heavy atom.